The van der Waals surface area contributed by atoms with Crippen molar-refractivity contribution in [3.8, 4) is 5.75 Å². The molecule has 0 saturated carbocycles. The molecule has 0 saturated heterocycles. The third-order valence-corrected chi connectivity index (χ3v) is 2.56. The zero-order valence-electron chi connectivity index (χ0n) is 9.35. The van der Waals surface area contributed by atoms with Crippen molar-refractivity contribution in [1.82, 2.24) is 4.57 Å². The quantitative estimate of drug-likeness (QED) is 0.828. The zero-order chi connectivity index (χ0) is 12.4. The molecule has 3 nitrogen and oxygen atoms in total. The van der Waals surface area contributed by atoms with E-state index in [9.17, 15) is 14.3 Å². The van der Waals surface area contributed by atoms with Crippen molar-refractivity contribution in [3.63, 3.8) is 0 Å². The fraction of sp³-hybridized carbons (Fsp3) is 0.154. The van der Waals surface area contributed by atoms with E-state index in [1.807, 2.05) is 0 Å². The average Bonchev–Trinajstić information content (AvgIpc) is 2.57. The summed E-state index contributed by atoms with van der Waals surface area (Å²) in [6.45, 7) is 1.88. The highest BCUT2D eigenvalue weighted by Crippen LogP contribution is 2.14. The van der Waals surface area contributed by atoms with E-state index in [0.29, 0.717) is 5.56 Å². The predicted molar refractivity (Wildman–Crippen MR) is 61.6 cm³/mol. The van der Waals surface area contributed by atoms with Gasteiger partial charge in [-0.1, -0.05) is 12.1 Å². The molecular weight excluding hydrogens is 221 g/mol. The topological polar surface area (TPSA) is 42.2 Å². The summed E-state index contributed by atoms with van der Waals surface area (Å²) in [6.07, 6.45) is 1.48. The van der Waals surface area contributed by atoms with Crippen LogP contribution in [0.15, 0.2) is 36.5 Å². The van der Waals surface area contributed by atoms with Crippen molar-refractivity contribution < 1.29 is 14.3 Å². The second kappa shape index (κ2) is 4.41. The fourth-order valence-corrected chi connectivity index (χ4v) is 1.67. The minimum absolute atomic E-state index is 0.0931. The molecule has 1 aromatic carbocycles. The maximum Gasteiger partial charge on any atom is 0.182 e. The van der Waals surface area contributed by atoms with Crippen LogP contribution >= 0.6 is 0 Å². The number of rotatable bonds is 3. The van der Waals surface area contributed by atoms with Gasteiger partial charge in [0, 0.05) is 23.5 Å². The Balaban J connectivity index is 2.20. The molecule has 1 aromatic heterocycles. The summed E-state index contributed by atoms with van der Waals surface area (Å²) in [5.74, 6) is -0.499. The van der Waals surface area contributed by atoms with E-state index in [0.717, 1.165) is 5.69 Å². The number of Topliss-reactive ketones (excluding diaryl/α,β-unsaturated/α-hetero) is 1. The number of aromatic nitrogens is 1. The Morgan fingerprint density at radius 3 is 2.76 bits per heavy atom. The maximum atomic E-state index is 13.0. The molecule has 2 rings (SSSR count). The Labute approximate surface area is 98.1 Å². The summed E-state index contributed by atoms with van der Waals surface area (Å²) in [6, 6.07) is 7.15. The third kappa shape index (κ3) is 2.53. The lowest BCUT2D eigenvalue weighted by atomic mass is 10.1. The van der Waals surface area contributed by atoms with Gasteiger partial charge in [-0.3, -0.25) is 4.79 Å². The second-order valence-corrected chi connectivity index (χ2v) is 3.90. The van der Waals surface area contributed by atoms with Crippen LogP contribution in [-0.2, 0) is 6.54 Å². The lowest BCUT2D eigenvalue weighted by molar-refractivity contribution is 0.0971. The molecule has 1 heterocycles. The van der Waals surface area contributed by atoms with Crippen LogP contribution in [0.4, 0.5) is 4.39 Å². The molecule has 0 aliphatic carbocycles. The Bertz CT molecular complexity index is 560. The van der Waals surface area contributed by atoms with Gasteiger partial charge in [-0.05, 0) is 19.1 Å². The van der Waals surface area contributed by atoms with Crippen LogP contribution in [0, 0.1) is 12.7 Å². The first-order valence-electron chi connectivity index (χ1n) is 5.21. The molecule has 0 unspecified atom stereocenters. The van der Waals surface area contributed by atoms with Gasteiger partial charge in [-0.2, -0.15) is 0 Å². The van der Waals surface area contributed by atoms with Crippen LogP contribution < -0.4 is 0 Å². The van der Waals surface area contributed by atoms with Gasteiger partial charge < -0.3 is 9.67 Å². The molecule has 0 fully saturated rings. The number of halogens is 1. The third-order valence-electron chi connectivity index (χ3n) is 2.56. The van der Waals surface area contributed by atoms with E-state index >= 15 is 0 Å². The van der Waals surface area contributed by atoms with Crippen molar-refractivity contribution in [1.29, 1.82) is 0 Å². The van der Waals surface area contributed by atoms with Crippen molar-refractivity contribution in [2.24, 2.45) is 0 Å². The minimum Gasteiger partial charge on any atom is -0.506 e. The average molecular weight is 233 g/mol. The minimum atomic E-state index is -0.428. The standard InChI is InChI=1S/C13H12FNO2/c1-9-5-12(16)7-15(9)8-13(17)10-3-2-4-11(14)6-10/h2-7,16H,8H2,1H3. The molecule has 0 spiro atoms. The smallest absolute Gasteiger partial charge is 0.182 e. The molecule has 0 amide bonds. The SMILES string of the molecule is Cc1cc(O)cn1CC(=O)c1cccc(F)c1. The van der Waals surface area contributed by atoms with Crippen molar-refractivity contribution in [2.45, 2.75) is 13.5 Å². The van der Waals surface area contributed by atoms with Gasteiger partial charge in [0.2, 0.25) is 0 Å². The van der Waals surface area contributed by atoms with Crippen molar-refractivity contribution in [2.75, 3.05) is 0 Å². The van der Waals surface area contributed by atoms with Gasteiger partial charge in [0.1, 0.15) is 11.6 Å². The van der Waals surface area contributed by atoms with Gasteiger partial charge in [0.05, 0.1) is 6.54 Å². The molecule has 1 N–H and O–H groups in total. The largest absolute Gasteiger partial charge is 0.506 e. The summed E-state index contributed by atoms with van der Waals surface area (Å²) in [4.78, 5) is 11.9. The zero-order valence-corrected chi connectivity index (χ0v) is 9.35. The first-order chi connectivity index (χ1) is 8.06. The van der Waals surface area contributed by atoms with Crippen LogP contribution in [0.5, 0.6) is 5.75 Å². The first-order valence-corrected chi connectivity index (χ1v) is 5.21. The molecule has 88 valence electrons. The van der Waals surface area contributed by atoms with Gasteiger partial charge in [0.25, 0.3) is 0 Å². The summed E-state index contributed by atoms with van der Waals surface area (Å²) >= 11 is 0. The van der Waals surface area contributed by atoms with Crippen LogP contribution in [0.25, 0.3) is 0 Å². The molecule has 0 bridgehead atoms. The molecule has 0 aliphatic rings. The summed E-state index contributed by atoms with van der Waals surface area (Å²) in [7, 11) is 0. The Hall–Kier alpha value is -2.10. The van der Waals surface area contributed by atoms with E-state index in [4.69, 9.17) is 0 Å². The lowest BCUT2D eigenvalue weighted by Gasteiger charge is -2.05. The highest BCUT2D eigenvalue weighted by atomic mass is 19.1. The van der Waals surface area contributed by atoms with Gasteiger partial charge in [0.15, 0.2) is 5.78 Å². The Kier molecular flexibility index (Phi) is 2.95. The Morgan fingerprint density at radius 2 is 2.18 bits per heavy atom. The summed E-state index contributed by atoms with van der Waals surface area (Å²) < 4.78 is 14.6. The number of carbonyl (C=O) groups is 1. The molecule has 17 heavy (non-hydrogen) atoms. The fourth-order valence-electron chi connectivity index (χ4n) is 1.67. The van der Waals surface area contributed by atoms with Crippen LogP contribution in [-0.4, -0.2) is 15.5 Å². The van der Waals surface area contributed by atoms with Gasteiger partial charge in [-0.15, -0.1) is 0 Å². The number of ketones is 1. The molecule has 0 aliphatic heterocycles. The summed E-state index contributed by atoms with van der Waals surface area (Å²) in [5, 5.41) is 9.27. The molecule has 2 aromatic rings. The van der Waals surface area contributed by atoms with Crippen LogP contribution in [0.3, 0.4) is 0 Å². The molecule has 4 heteroatoms. The normalized spacial score (nSPS) is 10.5. The molecular formula is C13H12FNO2. The second-order valence-electron chi connectivity index (χ2n) is 3.90. The van der Waals surface area contributed by atoms with Crippen LogP contribution in [0.2, 0.25) is 0 Å². The number of aromatic hydroxyl groups is 1. The first kappa shape index (κ1) is 11.4. The van der Waals surface area contributed by atoms with Gasteiger partial charge >= 0.3 is 0 Å². The van der Waals surface area contributed by atoms with Crippen molar-refractivity contribution in [3.05, 3.63) is 53.6 Å². The van der Waals surface area contributed by atoms with E-state index in [1.165, 1.54) is 24.4 Å². The van der Waals surface area contributed by atoms with Crippen molar-refractivity contribution >= 4 is 5.78 Å². The van der Waals surface area contributed by atoms with Gasteiger partial charge in [-0.25, -0.2) is 4.39 Å². The monoisotopic (exact) mass is 233 g/mol. The number of nitrogens with zero attached hydrogens (tertiary/aromatic N) is 1. The van der Waals surface area contributed by atoms with E-state index in [1.54, 1.807) is 23.6 Å². The summed E-state index contributed by atoms with van der Waals surface area (Å²) in [5.41, 5.74) is 1.12. The maximum absolute atomic E-state index is 13.0. The lowest BCUT2D eigenvalue weighted by Crippen LogP contribution is -2.10. The molecule has 0 radical (unpaired) electrons. The highest BCUT2D eigenvalue weighted by molar-refractivity contribution is 5.95. The number of aryl methyl sites for hydroxylation is 1. The number of carbonyl (C=O) groups excluding carboxylic acids is 1. The number of benzene rings is 1. The molecule has 0 atom stereocenters. The number of hydrogen-bond donors (Lipinski definition) is 1. The van der Waals surface area contributed by atoms with Crippen LogP contribution in [0.1, 0.15) is 16.1 Å². The highest BCUT2D eigenvalue weighted by Gasteiger charge is 2.09. The number of hydrogen-bond acceptors (Lipinski definition) is 2. The Morgan fingerprint density at radius 1 is 1.41 bits per heavy atom. The van der Waals surface area contributed by atoms with E-state index in [-0.39, 0.29) is 18.1 Å². The van der Waals surface area contributed by atoms with E-state index in [2.05, 4.69) is 0 Å². The predicted octanol–water partition coefficient (Wildman–Crippen LogP) is 2.52. The van der Waals surface area contributed by atoms with E-state index < -0.39 is 5.82 Å².